The average molecular weight is 719 g/mol. The van der Waals surface area contributed by atoms with Gasteiger partial charge in [-0.15, -0.1) is 0 Å². The van der Waals surface area contributed by atoms with E-state index in [2.05, 4.69) is 202 Å². The second-order valence-corrected chi connectivity index (χ2v) is 16.6. The molecule has 0 unspecified atom stereocenters. The summed E-state index contributed by atoms with van der Waals surface area (Å²) in [4.78, 5) is 12.0. The highest BCUT2D eigenvalue weighted by molar-refractivity contribution is 6.02. The zero-order valence-corrected chi connectivity index (χ0v) is 32.4. The molecule has 0 saturated heterocycles. The molecule has 272 valence electrons. The minimum Gasteiger partial charge on any atom is -0.457 e. The molecule has 6 aromatic carbocycles. The molecule has 0 spiro atoms. The van der Waals surface area contributed by atoms with Crippen LogP contribution in [0.5, 0.6) is 11.5 Å². The zero-order valence-electron chi connectivity index (χ0n) is 32.4. The van der Waals surface area contributed by atoms with Gasteiger partial charge in [-0.1, -0.05) is 114 Å². The first-order valence-corrected chi connectivity index (χ1v) is 19.1. The third-order valence-corrected chi connectivity index (χ3v) is 10.9. The summed E-state index contributed by atoms with van der Waals surface area (Å²) in [6, 6.07) is 54.2. The first kappa shape index (κ1) is 34.4. The van der Waals surface area contributed by atoms with E-state index in [0.717, 1.165) is 45.5 Å². The number of benzene rings is 6. The van der Waals surface area contributed by atoms with Gasteiger partial charge in [0, 0.05) is 40.8 Å². The van der Waals surface area contributed by atoms with Crippen LogP contribution < -0.4 is 19.4 Å². The third-order valence-electron chi connectivity index (χ3n) is 10.9. The highest BCUT2D eigenvalue weighted by Gasteiger charge is 2.30. The summed E-state index contributed by atoms with van der Waals surface area (Å²) in [7, 11) is 0. The predicted octanol–water partition coefficient (Wildman–Crippen LogP) is 13.8. The number of hydrogen-bond acceptors (Lipinski definition) is 5. The molecule has 0 atom stereocenters. The van der Waals surface area contributed by atoms with E-state index >= 15 is 0 Å². The van der Waals surface area contributed by atoms with Crippen LogP contribution in [-0.2, 0) is 10.8 Å². The van der Waals surface area contributed by atoms with E-state index in [-0.39, 0.29) is 10.8 Å². The monoisotopic (exact) mass is 718 g/mol. The van der Waals surface area contributed by atoms with Gasteiger partial charge in [-0.3, -0.25) is 4.90 Å². The molecular formula is C50H46N4O. The lowest BCUT2D eigenvalue weighted by Gasteiger charge is -2.28. The first-order valence-electron chi connectivity index (χ1n) is 19.1. The molecule has 1 aromatic heterocycles. The standard InChI is InChI=1S/C50H46N4O/c1-49(2,3)34-22-24-36(25-23-34)52-33-53(46-21-12-11-20-45(46)52)37-14-13-15-38(31-37)55-39-26-27-43-41-17-8-7-16-40(41)42-18-9-10-19-44(42)54(47(43)32-39)48-30-35(28-29-51-48)50(4,5)6/h7-32H,33H2,1-6H3. The van der Waals surface area contributed by atoms with Crippen molar-refractivity contribution in [2.24, 2.45) is 0 Å². The van der Waals surface area contributed by atoms with Crippen molar-refractivity contribution in [1.29, 1.82) is 0 Å². The van der Waals surface area contributed by atoms with Gasteiger partial charge in [0.15, 0.2) is 0 Å². The maximum absolute atomic E-state index is 6.78. The van der Waals surface area contributed by atoms with Crippen molar-refractivity contribution < 1.29 is 4.74 Å². The predicted molar refractivity (Wildman–Crippen MR) is 229 cm³/mol. The van der Waals surface area contributed by atoms with Crippen LogP contribution in [0.4, 0.5) is 39.9 Å². The molecule has 5 nitrogen and oxygen atoms in total. The summed E-state index contributed by atoms with van der Waals surface area (Å²) in [5.74, 6) is 2.40. The molecule has 0 amide bonds. The molecule has 0 radical (unpaired) electrons. The van der Waals surface area contributed by atoms with E-state index in [1.54, 1.807) is 0 Å². The molecule has 2 aliphatic rings. The maximum atomic E-state index is 6.78. The van der Waals surface area contributed by atoms with Crippen molar-refractivity contribution in [3.05, 3.63) is 169 Å². The van der Waals surface area contributed by atoms with Gasteiger partial charge in [0.2, 0.25) is 0 Å². The zero-order chi connectivity index (χ0) is 37.9. The summed E-state index contributed by atoms with van der Waals surface area (Å²) >= 11 is 0. The van der Waals surface area contributed by atoms with Gasteiger partial charge < -0.3 is 14.5 Å². The highest BCUT2D eigenvalue weighted by Crippen LogP contribution is 2.52. The van der Waals surface area contributed by atoms with Crippen LogP contribution in [0.25, 0.3) is 22.3 Å². The second-order valence-electron chi connectivity index (χ2n) is 16.6. The number of pyridine rings is 1. The van der Waals surface area contributed by atoms with E-state index in [4.69, 9.17) is 9.72 Å². The number of nitrogens with zero attached hydrogens (tertiary/aromatic N) is 4. The minimum absolute atomic E-state index is 0.0331. The highest BCUT2D eigenvalue weighted by atomic mass is 16.5. The Morgan fingerprint density at radius 2 is 1.04 bits per heavy atom. The Balaban J connectivity index is 1.09. The number of fused-ring (bicyclic) bond motifs is 6. The molecule has 55 heavy (non-hydrogen) atoms. The molecule has 2 aliphatic heterocycles. The Hall–Kier alpha value is -6.33. The van der Waals surface area contributed by atoms with Crippen molar-refractivity contribution in [2.75, 3.05) is 21.4 Å². The van der Waals surface area contributed by atoms with Crippen LogP contribution >= 0.6 is 0 Å². The number of aromatic nitrogens is 1. The molecule has 7 aromatic rings. The van der Waals surface area contributed by atoms with Crippen LogP contribution in [0.15, 0.2) is 158 Å². The van der Waals surface area contributed by atoms with Crippen molar-refractivity contribution in [1.82, 2.24) is 4.98 Å². The van der Waals surface area contributed by atoms with Gasteiger partial charge in [0.25, 0.3) is 0 Å². The van der Waals surface area contributed by atoms with E-state index in [0.29, 0.717) is 6.67 Å². The lowest BCUT2D eigenvalue weighted by molar-refractivity contribution is 0.483. The van der Waals surface area contributed by atoms with Crippen molar-refractivity contribution in [3.8, 4) is 33.8 Å². The van der Waals surface area contributed by atoms with Crippen molar-refractivity contribution in [3.63, 3.8) is 0 Å². The van der Waals surface area contributed by atoms with E-state index in [9.17, 15) is 0 Å². The number of anilines is 7. The second kappa shape index (κ2) is 13.2. The SMILES string of the molecule is CC(C)(C)c1ccc(N2CN(c3cccc(Oc4ccc5c(c4)N(c4cc(C(C)(C)C)ccn4)c4ccccc4-c4ccccc4-5)c3)c3ccccc32)cc1. The Morgan fingerprint density at radius 3 is 1.71 bits per heavy atom. The number of rotatable bonds is 5. The van der Waals surface area contributed by atoms with Crippen LogP contribution in [0, 0.1) is 0 Å². The van der Waals surface area contributed by atoms with E-state index < -0.39 is 0 Å². The third kappa shape index (κ3) is 6.30. The molecule has 0 saturated carbocycles. The van der Waals surface area contributed by atoms with Gasteiger partial charge >= 0.3 is 0 Å². The molecule has 0 fully saturated rings. The maximum Gasteiger partial charge on any atom is 0.137 e. The smallest absolute Gasteiger partial charge is 0.137 e. The van der Waals surface area contributed by atoms with Crippen LogP contribution in [0.1, 0.15) is 52.7 Å². The normalized spacial score (nSPS) is 13.5. The van der Waals surface area contributed by atoms with E-state index in [1.807, 2.05) is 12.3 Å². The summed E-state index contributed by atoms with van der Waals surface area (Å²) in [5.41, 5.74) is 14.0. The molecular weight excluding hydrogens is 673 g/mol. The van der Waals surface area contributed by atoms with Crippen LogP contribution in [0.3, 0.4) is 0 Å². The number of hydrogen-bond donors (Lipinski definition) is 0. The Morgan fingerprint density at radius 1 is 0.455 bits per heavy atom. The quantitative estimate of drug-likeness (QED) is 0.177. The lowest BCUT2D eigenvalue weighted by Crippen LogP contribution is -2.24. The first-order chi connectivity index (χ1) is 26.5. The summed E-state index contributed by atoms with van der Waals surface area (Å²) < 4.78 is 6.78. The van der Waals surface area contributed by atoms with Crippen LogP contribution in [-0.4, -0.2) is 11.7 Å². The Labute approximate surface area is 325 Å². The summed E-state index contributed by atoms with van der Waals surface area (Å²) in [6.45, 7) is 14.2. The Kier molecular flexibility index (Phi) is 8.27. The minimum atomic E-state index is -0.0331. The lowest BCUT2D eigenvalue weighted by atomic mass is 9.87. The van der Waals surface area contributed by atoms with Gasteiger partial charge in [-0.25, -0.2) is 4.98 Å². The average Bonchev–Trinajstić information content (AvgIpc) is 3.53. The fraction of sp³-hybridized carbons (Fsp3) is 0.180. The molecule has 5 heteroatoms. The molecule has 0 bridgehead atoms. The summed E-state index contributed by atoms with van der Waals surface area (Å²) in [6.07, 6.45) is 1.93. The molecule has 0 N–H and O–H groups in total. The van der Waals surface area contributed by atoms with Gasteiger partial charge in [-0.2, -0.15) is 0 Å². The fourth-order valence-corrected chi connectivity index (χ4v) is 7.87. The van der Waals surface area contributed by atoms with Crippen molar-refractivity contribution >= 4 is 39.9 Å². The number of para-hydroxylation sites is 3. The van der Waals surface area contributed by atoms with Crippen LogP contribution in [0.2, 0.25) is 0 Å². The topological polar surface area (TPSA) is 31.8 Å². The molecule has 0 aliphatic carbocycles. The van der Waals surface area contributed by atoms with Crippen molar-refractivity contribution in [2.45, 2.75) is 52.4 Å². The van der Waals surface area contributed by atoms with Gasteiger partial charge in [-0.05, 0) is 99.8 Å². The molecule has 9 rings (SSSR count). The Bertz CT molecular complexity index is 2540. The number of ether oxygens (including phenoxy) is 1. The molecule has 3 heterocycles. The van der Waals surface area contributed by atoms with Gasteiger partial charge in [0.1, 0.15) is 24.0 Å². The summed E-state index contributed by atoms with van der Waals surface area (Å²) in [5, 5.41) is 0. The van der Waals surface area contributed by atoms with E-state index in [1.165, 1.54) is 39.3 Å². The van der Waals surface area contributed by atoms with Gasteiger partial charge in [0.05, 0.1) is 22.7 Å². The largest absolute Gasteiger partial charge is 0.457 e. The fourth-order valence-electron chi connectivity index (χ4n) is 7.87.